The van der Waals surface area contributed by atoms with Crippen molar-refractivity contribution < 1.29 is 0 Å². The second kappa shape index (κ2) is 6.05. The fourth-order valence-corrected chi connectivity index (χ4v) is 3.23. The highest BCUT2D eigenvalue weighted by Gasteiger charge is 2.18. The Labute approximate surface area is 116 Å². The molecule has 1 aromatic rings. The third kappa shape index (κ3) is 3.85. The Balaban J connectivity index is 1.88. The summed E-state index contributed by atoms with van der Waals surface area (Å²) in [7, 11) is 0. The van der Waals surface area contributed by atoms with Crippen LogP contribution in [0.4, 0.5) is 5.82 Å². The van der Waals surface area contributed by atoms with Gasteiger partial charge in [-0.05, 0) is 46.7 Å². The van der Waals surface area contributed by atoms with Crippen molar-refractivity contribution in [3.8, 4) is 0 Å². The quantitative estimate of drug-likeness (QED) is 0.871. The van der Waals surface area contributed by atoms with E-state index in [1.165, 1.54) is 25.7 Å². The SMILES string of the molecule is CC1CCCC(CNc2ncc(Br)cc2Cl)C1. The summed E-state index contributed by atoms with van der Waals surface area (Å²) in [5, 5.41) is 4.05. The van der Waals surface area contributed by atoms with Crippen molar-refractivity contribution >= 4 is 33.3 Å². The van der Waals surface area contributed by atoms with E-state index in [2.05, 4.69) is 33.2 Å². The molecule has 2 rings (SSSR count). The second-order valence-corrected chi connectivity index (χ2v) is 6.33. The number of hydrogen-bond donors (Lipinski definition) is 1. The summed E-state index contributed by atoms with van der Waals surface area (Å²) in [4.78, 5) is 4.29. The van der Waals surface area contributed by atoms with Crippen molar-refractivity contribution in [2.24, 2.45) is 11.8 Å². The lowest BCUT2D eigenvalue weighted by Crippen LogP contribution is -2.21. The molecule has 2 atom stereocenters. The molecule has 1 aliphatic carbocycles. The van der Waals surface area contributed by atoms with Crippen molar-refractivity contribution in [2.75, 3.05) is 11.9 Å². The normalized spacial score (nSPS) is 24.6. The van der Waals surface area contributed by atoms with Gasteiger partial charge in [-0.3, -0.25) is 0 Å². The molecular formula is C13H18BrClN2. The van der Waals surface area contributed by atoms with E-state index < -0.39 is 0 Å². The molecule has 17 heavy (non-hydrogen) atoms. The molecule has 2 unspecified atom stereocenters. The summed E-state index contributed by atoms with van der Waals surface area (Å²) in [5.74, 6) is 2.43. The number of hydrogen-bond acceptors (Lipinski definition) is 2. The van der Waals surface area contributed by atoms with E-state index in [1.54, 1.807) is 6.20 Å². The zero-order chi connectivity index (χ0) is 12.3. The number of nitrogens with zero attached hydrogens (tertiary/aromatic N) is 1. The van der Waals surface area contributed by atoms with Gasteiger partial charge in [-0.2, -0.15) is 0 Å². The molecule has 0 aliphatic heterocycles. The topological polar surface area (TPSA) is 24.9 Å². The van der Waals surface area contributed by atoms with E-state index in [9.17, 15) is 0 Å². The maximum absolute atomic E-state index is 6.12. The Bertz CT molecular complexity index is 384. The van der Waals surface area contributed by atoms with Crippen LogP contribution in [0.25, 0.3) is 0 Å². The maximum Gasteiger partial charge on any atom is 0.144 e. The Morgan fingerprint density at radius 3 is 3.06 bits per heavy atom. The van der Waals surface area contributed by atoms with Crippen molar-refractivity contribution in [3.05, 3.63) is 21.8 Å². The lowest BCUT2D eigenvalue weighted by molar-refractivity contribution is 0.293. The van der Waals surface area contributed by atoms with Gasteiger partial charge >= 0.3 is 0 Å². The minimum Gasteiger partial charge on any atom is -0.369 e. The van der Waals surface area contributed by atoms with Crippen LogP contribution in [0.3, 0.4) is 0 Å². The zero-order valence-electron chi connectivity index (χ0n) is 10.0. The standard InChI is InChI=1S/C13H18BrClN2/c1-9-3-2-4-10(5-9)7-16-13-12(15)6-11(14)8-17-13/h6,8-10H,2-5,7H2,1H3,(H,16,17). The van der Waals surface area contributed by atoms with Gasteiger partial charge in [0.25, 0.3) is 0 Å². The Hall–Kier alpha value is -0.280. The van der Waals surface area contributed by atoms with Gasteiger partial charge in [0.1, 0.15) is 5.82 Å². The first-order chi connectivity index (χ1) is 8.15. The molecule has 2 nitrogen and oxygen atoms in total. The van der Waals surface area contributed by atoms with Gasteiger partial charge in [0.2, 0.25) is 0 Å². The molecule has 0 radical (unpaired) electrons. The van der Waals surface area contributed by atoms with Crippen molar-refractivity contribution in [2.45, 2.75) is 32.6 Å². The monoisotopic (exact) mass is 316 g/mol. The fourth-order valence-electron chi connectivity index (χ4n) is 2.53. The average molecular weight is 318 g/mol. The molecule has 0 saturated heterocycles. The van der Waals surface area contributed by atoms with Crippen LogP contribution in [0, 0.1) is 11.8 Å². The molecule has 94 valence electrons. The Kier molecular flexibility index (Phi) is 4.69. The number of pyridine rings is 1. The van der Waals surface area contributed by atoms with Crippen LogP contribution >= 0.6 is 27.5 Å². The van der Waals surface area contributed by atoms with E-state index in [0.717, 1.165) is 28.7 Å². The van der Waals surface area contributed by atoms with Crippen molar-refractivity contribution in [1.29, 1.82) is 0 Å². The lowest BCUT2D eigenvalue weighted by atomic mass is 9.82. The van der Waals surface area contributed by atoms with Crippen LogP contribution in [-0.2, 0) is 0 Å². The molecule has 0 bridgehead atoms. The first kappa shape index (κ1) is 13.2. The van der Waals surface area contributed by atoms with Crippen molar-refractivity contribution in [3.63, 3.8) is 0 Å². The highest BCUT2D eigenvalue weighted by atomic mass is 79.9. The average Bonchev–Trinajstić information content (AvgIpc) is 2.28. The summed E-state index contributed by atoms with van der Waals surface area (Å²) in [6.07, 6.45) is 7.16. The highest BCUT2D eigenvalue weighted by Crippen LogP contribution is 2.29. The summed E-state index contributed by atoms with van der Waals surface area (Å²) in [5.41, 5.74) is 0. The van der Waals surface area contributed by atoms with Crippen molar-refractivity contribution in [1.82, 2.24) is 4.98 Å². The van der Waals surface area contributed by atoms with Gasteiger partial charge in [-0.15, -0.1) is 0 Å². The maximum atomic E-state index is 6.12. The summed E-state index contributed by atoms with van der Waals surface area (Å²) >= 11 is 9.48. The van der Waals surface area contributed by atoms with Gasteiger partial charge in [0.05, 0.1) is 5.02 Å². The number of anilines is 1. The van der Waals surface area contributed by atoms with Gasteiger partial charge in [-0.1, -0.05) is 31.4 Å². The molecule has 0 amide bonds. The Morgan fingerprint density at radius 1 is 1.53 bits per heavy atom. The molecule has 1 saturated carbocycles. The first-order valence-corrected chi connectivity index (χ1v) is 7.37. The van der Waals surface area contributed by atoms with Crippen LogP contribution in [0.5, 0.6) is 0 Å². The van der Waals surface area contributed by atoms with Gasteiger partial charge in [-0.25, -0.2) is 4.98 Å². The molecule has 1 aliphatic rings. The lowest BCUT2D eigenvalue weighted by Gasteiger charge is -2.27. The molecule has 0 spiro atoms. The van der Waals surface area contributed by atoms with Gasteiger partial charge < -0.3 is 5.32 Å². The van der Waals surface area contributed by atoms with Gasteiger partial charge in [0.15, 0.2) is 0 Å². The molecule has 1 aromatic heterocycles. The van der Waals surface area contributed by atoms with Crippen LogP contribution < -0.4 is 5.32 Å². The number of rotatable bonds is 3. The minimum atomic E-state index is 0.684. The van der Waals surface area contributed by atoms with E-state index in [1.807, 2.05) is 6.07 Å². The smallest absolute Gasteiger partial charge is 0.144 e. The molecular weight excluding hydrogens is 300 g/mol. The Morgan fingerprint density at radius 2 is 2.35 bits per heavy atom. The summed E-state index contributed by atoms with van der Waals surface area (Å²) in [6.45, 7) is 3.33. The van der Waals surface area contributed by atoms with E-state index in [0.29, 0.717) is 5.02 Å². The van der Waals surface area contributed by atoms with Crippen LogP contribution in [0.2, 0.25) is 5.02 Å². The second-order valence-electron chi connectivity index (χ2n) is 5.00. The van der Waals surface area contributed by atoms with Crippen LogP contribution in [-0.4, -0.2) is 11.5 Å². The molecule has 0 aromatic carbocycles. The van der Waals surface area contributed by atoms with Crippen LogP contribution in [0.15, 0.2) is 16.7 Å². The summed E-state index contributed by atoms with van der Waals surface area (Å²) in [6, 6.07) is 1.88. The summed E-state index contributed by atoms with van der Waals surface area (Å²) < 4.78 is 0.916. The molecule has 4 heteroatoms. The fraction of sp³-hybridized carbons (Fsp3) is 0.615. The number of nitrogens with one attached hydrogen (secondary N) is 1. The number of halogens is 2. The predicted octanol–water partition coefficient (Wildman–Crippen LogP) is 4.74. The molecule has 1 fully saturated rings. The zero-order valence-corrected chi connectivity index (χ0v) is 12.4. The van der Waals surface area contributed by atoms with Gasteiger partial charge in [0, 0.05) is 17.2 Å². The third-order valence-corrected chi connectivity index (χ3v) is 4.13. The van der Waals surface area contributed by atoms with E-state index in [4.69, 9.17) is 11.6 Å². The molecule has 1 N–H and O–H groups in total. The molecule has 1 heterocycles. The predicted molar refractivity (Wildman–Crippen MR) is 76.6 cm³/mol. The largest absolute Gasteiger partial charge is 0.369 e. The third-order valence-electron chi connectivity index (χ3n) is 3.41. The number of aromatic nitrogens is 1. The minimum absolute atomic E-state index is 0.684. The van der Waals surface area contributed by atoms with E-state index in [-0.39, 0.29) is 0 Å². The first-order valence-electron chi connectivity index (χ1n) is 6.20. The highest BCUT2D eigenvalue weighted by molar-refractivity contribution is 9.10. The van der Waals surface area contributed by atoms with E-state index >= 15 is 0 Å². The van der Waals surface area contributed by atoms with Crippen LogP contribution in [0.1, 0.15) is 32.6 Å².